The Kier molecular flexibility index (Phi) is 16.1. The Morgan fingerprint density at radius 2 is 0.730 bits per heavy atom. The van der Waals surface area contributed by atoms with Crippen LogP contribution >= 0.6 is 23.5 Å². The average molecular weight is 1070 g/mol. The number of rotatable bonds is 14. The monoisotopic (exact) mass is 1070 g/mol. The summed E-state index contributed by atoms with van der Waals surface area (Å²) in [7, 11) is -6.86. The SMILES string of the molecule is CC(C)(C)[Si](O[C@@H]1[C@H](O)[C@@H](O)[C@H](O[Si](c2ccccc2)(c2ccccc2)C(C)(C)C)[C@H]2OC3(CCC[C@@H](CSc4ccccc4)O3)C3(CCC[C@@H](CSc4ccccc4)O3)O[C@@H]21)(c1ccccc1)c1ccccc1. The minimum atomic E-state index is -3.43. The van der Waals surface area contributed by atoms with E-state index in [1.165, 1.54) is 9.79 Å². The number of thioether (sulfide) groups is 2. The Morgan fingerprint density at radius 3 is 1.01 bits per heavy atom. The Morgan fingerprint density at radius 1 is 0.446 bits per heavy atom. The molecule has 2 N–H and O–H groups in total. The highest BCUT2D eigenvalue weighted by atomic mass is 32.2. The van der Waals surface area contributed by atoms with E-state index in [1.54, 1.807) is 23.5 Å². The van der Waals surface area contributed by atoms with Crippen LogP contribution in [0, 0.1) is 0 Å². The lowest BCUT2D eigenvalue weighted by Gasteiger charge is -2.64. The van der Waals surface area contributed by atoms with Gasteiger partial charge in [0.25, 0.3) is 16.6 Å². The highest BCUT2D eigenvalue weighted by molar-refractivity contribution is 7.99. The van der Waals surface area contributed by atoms with Crippen LogP contribution in [0.15, 0.2) is 192 Å². The van der Waals surface area contributed by atoms with E-state index in [0.29, 0.717) is 24.3 Å². The summed E-state index contributed by atoms with van der Waals surface area (Å²) in [5.41, 5.74) is 0. The number of ether oxygens (including phenoxy) is 4. The second-order valence-corrected chi connectivity index (χ2v) is 33.3. The lowest BCUT2D eigenvalue weighted by atomic mass is 9.80. The summed E-state index contributed by atoms with van der Waals surface area (Å²) in [6.07, 6.45) is -3.17. The van der Waals surface area contributed by atoms with Crippen LogP contribution in [-0.4, -0.2) is 98.8 Å². The normalized spacial score (nSPS) is 28.7. The van der Waals surface area contributed by atoms with Crippen molar-refractivity contribution in [3.05, 3.63) is 182 Å². The molecule has 6 aromatic rings. The summed E-state index contributed by atoms with van der Waals surface area (Å²) < 4.78 is 47.1. The Balaban J connectivity index is 1.15. The molecule has 4 aliphatic rings. The summed E-state index contributed by atoms with van der Waals surface area (Å²) in [5.74, 6) is -1.39. The molecule has 0 radical (unpaired) electrons. The highest BCUT2D eigenvalue weighted by Gasteiger charge is 2.71. The van der Waals surface area contributed by atoms with E-state index >= 15 is 0 Å². The number of hydrogen-bond donors (Lipinski definition) is 2. The van der Waals surface area contributed by atoms with Gasteiger partial charge in [-0.1, -0.05) is 199 Å². The summed E-state index contributed by atoms with van der Waals surface area (Å²) in [5, 5.41) is 30.0. The molecule has 8 nitrogen and oxygen atoms in total. The predicted octanol–water partition coefficient (Wildman–Crippen LogP) is 10.5. The molecule has 0 aromatic heterocycles. The second kappa shape index (κ2) is 22.2. The van der Waals surface area contributed by atoms with Gasteiger partial charge in [0.05, 0.1) is 12.2 Å². The molecule has 1 saturated carbocycles. The van der Waals surface area contributed by atoms with Crippen molar-refractivity contribution >= 4 is 60.9 Å². The fraction of sp³-hybridized carbons (Fsp3) is 0.419. The number of aliphatic hydroxyl groups excluding tert-OH is 2. The van der Waals surface area contributed by atoms with E-state index in [-0.39, 0.29) is 12.2 Å². The molecule has 10 rings (SSSR count). The van der Waals surface area contributed by atoms with Crippen molar-refractivity contribution in [2.45, 2.75) is 160 Å². The molecule has 2 unspecified atom stereocenters. The Hall–Kier alpha value is -3.87. The number of benzene rings is 6. The lowest BCUT2D eigenvalue weighted by molar-refractivity contribution is -0.507. The average Bonchev–Trinajstić information content (AvgIpc) is 3.44. The zero-order chi connectivity index (χ0) is 51.6. The van der Waals surface area contributed by atoms with Crippen molar-refractivity contribution in [1.29, 1.82) is 0 Å². The van der Waals surface area contributed by atoms with Crippen molar-refractivity contribution in [2.24, 2.45) is 0 Å². The van der Waals surface area contributed by atoms with Gasteiger partial charge >= 0.3 is 0 Å². The summed E-state index contributed by atoms with van der Waals surface area (Å²) in [6.45, 7) is 13.4. The Labute approximate surface area is 450 Å². The van der Waals surface area contributed by atoms with Crippen molar-refractivity contribution < 1.29 is 38.0 Å². The minimum absolute atomic E-state index is 0.201. The molecule has 12 heteroatoms. The maximum atomic E-state index is 13.4. The molecular formula is C62H74O8S2Si2. The molecule has 3 heterocycles. The molecule has 6 aromatic carbocycles. The van der Waals surface area contributed by atoms with Crippen LogP contribution in [0.2, 0.25) is 10.1 Å². The first-order valence-electron chi connectivity index (χ1n) is 26.7. The van der Waals surface area contributed by atoms with Gasteiger partial charge in [-0.2, -0.15) is 0 Å². The standard InChI is InChI=1S/C62H74O8S2Si2/c1-59(2,3)73(49-33-17-9-18-34-49,50-35-19-10-20-36-50)69-55-53(63)54(64)56(70-74(60(4,5)6,51-37-21-11-22-38-51)52-39-23-12-24-40-52)58-57(55)67-61(41-25-27-45(65-61)43-71-47-29-13-7-14-30-47)62(68-58)42-26-28-46(66-62)44-72-48-31-15-8-16-32-48/h7-24,29-40,45-46,53-58,63-64H,25-28,41-44H2,1-6H3/t45-,46-,53+,54+,55-,56+,57+,58+,61?,62?/m0/s1. The van der Waals surface area contributed by atoms with Gasteiger partial charge in [0.1, 0.15) is 36.6 Å². The van der Waals surface area contributed by atoms with Crippen LogP contribution in [0.5, 0.6) is 0 Å². The molecule has 1 aliphatic carbocycles. The van der Waals surface area contributed by atoms with Crippen LogP contribution in [-0.2, 0) is 27.8 Å². The van der Waals surface area contributed by atoms with E-state index in [9.17, 15) is 10.2 Å². The molecule has 390 valence electrons. The van der Waals surface area contributed by atoms with Gasteiger partial charge in [-0.3, -0.25) is 0 Å². The summed E-state index contributed by atoms with van der Waals surface area (Å²) in [4.78, 5) is 2.34. The maximum absolute atomic E-state index is 13.4. The van der Waals surface area contributed by atoms with E-state index < -0.39 is 74.9 Å². The van der Waals surface area contributed by atoms with Crippen molar-refractivity contribution in [2.75, 3.05) is 11.5 Å². The van der Waals surface area contributed by atoms with Crippen molar-refractivity contribution in [3.8, 4) is 0 Å². The van der Waals surface area contributed by atoms with E-state index in [1.807, 2.05) is 36.4 Å². The van der Waals surface area contributed by atoms with Crippen molar-refractivity contribution in [1.82, 2.24) is 0 Å². The molecule has 3 aliphatic heterocycles. The predicted molar refractivity (Wildman–Crippen MR) is 304 cm³/mol. The molecule has 2 spiro atoms. The molecular weight excluding hydrogens is 993 g/mol. The van der Waals surface area contributed by atoms with Gasteiger partial charge in [0.15, 0.2) is 0 Å². The summed E-state index contributed by atoms with van der Waals surface area (Å²) >= 11 is 3.55. The van der Waals surface area contributed by atoms with Gasteiger partial charge < -0.3 is 38.0 Å². The third-order valence-electron chi connectivity index (χ3n) is 15.8. The van der Waals surface area contributed by atoms with Gasteiger partial charge in [-0.15, -0.1) is 23.5 Å². The van der Waals surface area contributed by atoms with Crippen LogP contribution in [0.4, 0.5) is 0 Å². The molecule has 3 saturated heterocycles. The second-order valence-electron chi connectivity index (χ2n) is 22.7. The molecule has 74 heavy (non-hydrogen) atoms. The first kappa shape index (κ1) is 53.5. The molecule has 0 amide bonds. The van der Waals surface area contributed by atoms with Gasteiger partial charge in [-0.25, -0.2) is 0 Å². The number of fused-ring (bicyclic) bond motifs is 2. The fourth-order valence-electron chi connectivity index (χ4n) is 12.4. The minimum Gasteiger partial charge on any atom is -0.399 e. The zero-order valence-electron chi connectivity index (χ0n) is 43.8. The number of aliphatic hydroxyl groups is 2. The van der Waals surface area contributed by atoms with Gasteiger partial charge in [0, 0.05) is 34.1 Å². The zero-order valence-corrected chi connectivity index (χ0v) is 47.4. The van der Waals surface area contributed by atoms with Crippen LogP contribution in [0.1, 0.15) is 80.1 Å². The molecule has 10 atom stereocenters. The van der Waals surface area contributed by atoms with E-state index in [2.05, 4.69) is 187 Å². The first-order valence-corrected chi connectivity index (χ1v) is 32.5. The summed E-state index contributed by atoms with van der Waals surface area (Å²) in [6, 6.07) is 62.8. The van der Waals surface area contributed by atoms with Gasteiger partial charge in [-0.05, 0) is 80.8 Å². The topological polar surface area (TPSA) is 95.8 Å². The van der Waals surface area contributed by atoms with Crippen LogP contribution in [0.25, 0.3) is 0 Å². The molecule has 0 bridgehead atoms. The van der Waals surface area contributed by atoms with Crippen molar-refractivity contribution in [3.63, 3.8) is 0 Å². The van der Waals surface area contributed by atoms with Gasteiger partial charge in [0.2, 0.25) is 11.6 Å². The Bertz CT molecular complexity index is 2450. The first-order chi connectivity index (χ1) is 35.7. The van der Waals surface area contributed by atoms with E-state index in [0.717, 1.165) is 46.4 Å². The largest absolute Gasteiger partial charge is 0.399 e. The molecule has 4 fully saturated rings. The van der Waals surface area contributed by atoms with Crippen LogP contribution < -0.4 is 20.7 Å². The maximum Gasteiger partial charge on any atom is 0.261 e. The third-order valence-corrected chi connectivity index (χ3v) is 28.2. The smallest absolute Gasteiger partial charge is 0.261 e. The lowest BCUT2D eigenvalue weighted by Crippen LogP contribution is -2.81. The fourth-order valence-corrected chi connectivity index (χ4v) is 23.7. The van der Waals surface area contributed by atoms with E-state index in [4.69, 9.17) is 27.8 Å². The third kappa shape index (κ3) is 10.2. The number of hydrogen-bond acceptors (Lipinski definition) is 10. The highest BCUT2D eigenvalue weighted by Crippen LogP contribution is 2.56. The van der Waals surface area contributed by atoms with Crippen LogP contribution in [0.3, 0.4) is 0 Å². The quantitative estimate of drug-likeness (QED) is 0.0811.